The van der Waals surface area contributed by atoms with Gasteiger partial charge in [0.2, 0.25) is 0 Å². The summed E-state index contributed by atoms with van der Waals surface area (Å²) in [6.45, 7) is 6.70. The van der Waals surface area contributed by atoms with E-state index in [0.717, 1.165) is 13.1 Å². The van der Waals surface area contributed by atoms with Crippen LogP contribution in [0.2, 0.25) is 5.02 Å². The van der Waals surface area contributed by atoms with Crippen LogP contribution < -0.4 is 4.74 Å². The molecule has 1 aliphatic heterocycles. The van der Waals surface area contributed by atoms with Crippen molar-refractivity contribution in [1.82, 2.24) is 14.8 Å². The number of carbonyl (C=O) groups excluding carboxylic acids is 2. The molecule has 164 valence electrons. The highest BCUT2D eigenvalue weighted by atomic mass is 35.5. The highest BCUT2D eigenvalue weighted by Gasteiger charge is 2.46. The predicted molar refractivity (Wildman–Crippen MR) is 119 cm³/mol. The minimum Gasteiger partial charge on any atom is -0.507 e. The van der Waals surface area contributed by atoms with Crippen LogP contribution in [0, 0.1) is 0 Å². The number of aliphatic hydroxyl groups excluding tert-OH is 1. The van der Waals surface area contributed by atoms with Crippen molar-refractivity contribution in [3.05, 3.63) is 64.4 Å². The Labute approximate surface area is 186 Å². The fourth-order valence-electron chi connectivity index (χ4n) is 3.74. The number of pyridine rings is 1. The molecule has 1 aliphatic rings. The van der Waals surface area contributed by atoms with E-state index in [4.69, 9.17) is 16.3 Å². The van der Waals surface area contributed by atoms with Crippen LogP contribution in [0.4, 0.5) is 0 Å². The number of nitrogens with zero attached hydrogens (tertiary/aromatic N) is 3. The van der Waals surface area contributed by atoms with Crippen molar-refractivity contribution >= 4 is 29.1 Å². The number of halogens is 1. The molecule has 7 nitrogen and oxygen atoms in total. The lowest BCUT2D eigenvalue weighted by atomic mass is 9.96. The van der Waals surface area contributed by atoms with Crippen LogP contribution in [0.25, 0.3) is 5.76 Å². The van der Waals surface area contributed by atoms with Crippen LogP contribution in [0.1, 0.15) is 31.0 Å². The normalized spacial score (nSPS) is 18.1. The van der Waals surface area contributed by atoms with E-state index < -0.39 is 17.7 Å². The Kier molecular flexibility index (Phi) is 7.30. The fraction of sp³-hybridized carbons (Fsp3) is 0.348. The van der Waals surface area contributed by atoms with E-state index in [0.29, 0.717) is 24.4 Å². The SMILES string of the molecule is CCN(CC)CCN1C(=O)C(=O)/C(=C(/O)c2cc(OC)ccc2Cl)C1c1cccnc1. The second-order valence-corrected chi connectivity index (χ2v) is 7.56. The van der Waals surface area contributed by atoms with E-state index in [9.17, 15) is 14.7 Å². The number of hydrogen-bond donors (Lipinski definition) is 1. The van der Waals surface area contributed by atoms with Crippen molar-refractivity contribution in [3.63, 3.8) is 0 Å². The number of hydrogen-bond acceptors (Lipinski definition) is 6. The third-order valence-electron chi connectivity index (χ3n) is 5.52. The van der Waals surface area contributed by atoms with Crippen LogP contribution in [-0.4, -0.2) is 64.9 Å². The molecule has 0 bridgehead atoms. The molecule has 1 saturated heterocycles. The van der Waals surface area contributed by atoms with Crippen molar-refractivity contribution in [2.24, 2.45) is 0 Å². The summed E-state index contributed by atoms with van der Waals surface area (Å²) in [4.78, 5) is 33.8. The number of likely N-dealkylation sites (tertiary alicyclic amines) is 1. The molecular formula is C23H26ClN3O4. The minimum absolute atomic E-state index is 0.00676. The molecule has 1 amide bonds. The van der Waals surface area contributed by atoms with Gasteiger partial charge in [0, 0.05) is 31.0 Å². The minimum atomic E-state index is -0.758. The molecule has 1 aromatic carbocycles. The molecule has 2 heterocycles. The maximum absolute atomic E-state index is 13.0. The van der Waals surface area contributed by atoms with E-state index in [-0.39, 0.29) is 21.9 Å². The summed E-state index contributed by atoms with van der Waals surface area (Å²) in [5, 5.41) is 11.4. The Morgan fingerprint density at radius 2 is 2.00 bits per heavy atom. The number of likely N-dealkylation sites (N-methyl/N-ethyl adjacent to an activating group) is 1. The van der Waals surface area contributed by atoms with Gasteiger partial charge in [-0.05, 0) is 42.9 Å². The number of benzene rings is 1. The average molecular weight is 444 g/mol. The molecule has 8 heteroatoms. The molecule has 31 heavy (non-hydrogen) atoms. The van der Waals surface area contributed by atoms with Gasteiger partial charge in [0.25, 0.3) is 11.7 Å². The molecule has 0 radical (unpaired) electrons. The van der Waals surface area contributed by atoms with E-state index in [1.807, 2.05) is 13.8 Å². The first-order chi connectivity index (χ1) is 14.9. The van der Waals surface area contributed by atoms with E-state index in [1.54, 1.807) is 42.7 Å². The lowest BCUT2D eigenvalue weighted by molar-refractivity contribution is -0.140. The first-order valence-electron chi connectivity index (χ1n) is 10.2. The average Bonchev–Trinajstić information content (AvgIpc) is 3.05. The summed E-state index contributed by atoms with van der Waals surface area (Å²) in [5.74, 6) is -1.26. The third-order valence-corrected chi connectivity index (χ3v) is 5.85. The highest BCUT2D eigenvalue weighted by molar-refractivity contribution is 6.47. The van der Waals surface area contributed by atoms with Crippen LogP contribution >= 0.6 is 11.6 Å². The quantitative estimate of drug-likeness (QED) is 0.382. The Balaban J connectivity index is 2.12. The standard InChI is InChI=1S/C23H26ClN3O4/c1-4-26(5-2)11-12-27-20(15-7-6-10-25-14-15)19(22(29)23(27)30)21(28)17-13-16(31-3)8-9-18(17)24/h6-10,13-14,20,28H,4-5,11-12H2,1-3H3/b21-19+. The van der Waals surface area contributed by atoms with Gasteiger partial charge in [0.15, 0.2) is 0 Å². The summed E-state index contributed by atoms with van der Waals surface area (Å²) in [5.41, 5.74) is 0.867. The number of aliphatic hydroxyl groups is 1. The second-order valence-electron chi connectivity index (χ2n) is 7.15. The zero-order valence-electron chi connectivity index (χ0n) is 17.8. The van der Waals surface area contributed by atoms with E-state index >= 15 is 0 Å². The highest BCUT2D eigenvalue weighted by Crippen LogP contribution is 2.40. The number of ketones is 1. The van der Waals surface area contributed by atoms with Gasteiger partial charge >= 0.3 is 0 Å². The number of rotatable bonds is 8. The summed E-state index contributed by atoms with van der Waals surface area (Å²) in [6, 6.07) is 7.53. The molecule has 1 atom stereocenters. The lowest BCUT2D eigenvalue weighted by Crippen LogP contribution is -2.38. The maximum atomic E-state index is 13.0. The summed E-state index contributed by atoms with van der Waals surface area (Å²) < 4.78 is 5.22. The first kappa shape index (κ1) is 22.8. The van der Waals surface area contributed by atoms with E-state index in [2.05, 4.69) is 9.88 Å². The molecule has 0 aliphatic carbocycles. The number of ether oxygens (including phenoxy) is 1. The topological polar surface area (TPSA) is 83.0 Å². The number of carbonyl (C=O) groups is 2. The zero-order chi connectivity index (χ0) is 22.5. The monoisotopic (exact) mass is 443 g/mol. The lowest BCUT2D eigenvalue weighted by Gasteiger charge is -2.28. The van der Waals surface area contributed by atoms with Crippen molar-refractivity contribution < 1.29 is 19.4 Å². The molecule has 1 unspecified atom stereocenters. The second kappa shape index (κ2) is 9.94. The van der Waals surface area contributed by atoms with Gasteiger partial charge in [-0.1, -0.05) is 31.5 Å². The van der Waals surface area contributed by atoms with Crippen LogP contribution in [0.15, 0.2) is 48.3 Å². The van der Waals surface area contributed by atoms with Crippen LogP contribution in [-0.2, 0) is 9.59 Å². The summed E-state index contributed by atoms with van der Waals surface area (Å²) in [6.07, 6.45) is 3.21. The first-order valence-corrected chi connectivity index (χ1v) is 10.5. The molecule has 3 rings (SSSR count). The van der Waals surface area contributed by atoms with Crippen molar-refractivity contribution in [1.29, 1.82) is 0 Å². The number of methoxy groups -OCH3 is 1. The Bertz CT molecular complexity index is 990. The predicted octanol–water partition coefficient (Wildman–Crippen LogP) is 3.51. The van der Waals surface area contributed by atoms with Gasteiger partial charge in [-0.15, -0.1) is 0 Å². The van der Waals surface area contributed by atoms with Gasteiger partial charge < -0.3 is 19.6 Å². The van der Waals surface area contributed by atoms with Crippen molar-refractivity contribution in [2.75, 3.05) is 33.3 Å². The van der Waals surface area contributed by atoms with Gasteiger partial charge in [-0.25, -0.2) is 0 Å². The molecule has 0 saturated carbocycles. The van der Waals surface area contributed by atoms with Crippen molar-refractivity contribution in [3.8, 4) is 5.75 Å². The van der Waals surface area contributed by atoms with Gasteiger partial charge in [0.1, 0.15) is 11.5 Å². The number of amides is 1. The molecule has 2 aromatic rings. The summed E-state index contributed by atoms with van der Waals surface area (Å²) >= 11 is 6.30. The molecule has 1 N–H and O–H groups in total. The number of aromatic nitrogens is 1. The maximum Gasteiger partial charge on any atom is 0.295 e. The van der Waals surface area contributed by atoms with Gasteiger partial charge in [-0.2, -0.15) is 0 Å². The van der Waals surface area contributed by atoms with Crippen LogP contribution in [0.3, 0.4) is 0 Å². The molecular weight excluding hydrogens is 418 g/mol. The molecule has 1 aromatic heterocycles. The van der Waals surface area contributed by atoms with E-state index in [1.165, 1.54) is 12.0 Å². The zero-order valence-corrected chi connectivity index (χ0v) is 18.6. The van der Waals surface area contributed by atoms with Gasteiger partial charge in [0.05, 0.1) is 23.7 Å². The fourth-order valence-corrected chi connectivity index (χ4v) is 3.95. The Morgan fingerprint density at radius 1 is 1.26 bits per heavy atom. The van der Waals surface area contributed by atoms with Gasteiger partial charge in [-0.3, -0.25) is 14.6 Å². The Hall–Kier alpha value is -2.90. The summed E-state index contributed by atoms with van der Waals surface area (Å²) in [7, 11) is 1.49. The molecule has 1 fully saturated rings. The number of Topliss-reactive ketones (excluding diaryl/α,β-unsaturated/α-hetero) is 1. The largest absolute Gasteiger partial charge is 0.507 e. The molecule has 0 spiro atoms. The smallest absolute Gasteiger partial charge is 0.295 e. The van der Waals surface area contributed by atoms with Crippen LogP contribution in [0.5, 0.6) is 5.75 Å². The third kappa shape index (κ3) is 4.57. The Morgan fingerprint density at radius 3 is 2.61 bits per heavy atom. The van der Waals surface area contributed by atoms with Crippen molar-refractivity contribution in [2.45, 2.75) is 19.9 Å².